The molecule has 1 amide bonds. The van der Waals surface area contributed by atoms with Gasteiger partial charge in [-0.25, -0.2) is 9.97 Å². The number of nitrogens with one attached hydrogen (secondary N) is 1. The Morgan fingerprint density at radius 1 is 0.923 bits per heavy atom. The molecule has 26 heavy (non-hydrogen) atoms. The van der Waals surface area contributed by atoms with Crippen LogP contribution < -0.4 is 5.32 Å². The van der Waals surface area contributed by atoms with Gasteiger partial charge in [-0.3, -0.25) is 10.1 Å². The van der Waals surface area contributed by atoms with Crippen molar-refractivity contribution in [3.05, 3.63) is 76.6 Å². The number of hydrogen-bond acceptors (Lipinski definition) is 5. The molecule has 6 heteroatoms. The van der Waals surface area contributed by atoms with Crippen molar-refractivity contribution in [1.29, 1.82) is 0 Å². The number of anilines is 1. The van der Waals surface area contributed by atoms with E-state index in [4.69, 9.17) is 4.98 Å². The van der Waals surface area contributed by atoms with Crippen LogP contribution in [0.25, 0.3) is 21.8 Å². The average Bonchev–Trinajstić information content (AvgIpc) is 3.30. The number of rotatable bonds is 4. The number of nitrogens with zero attached hydrogens (tertiary/aromatic N) is 2. The van der Waals surface area contributed by atoms with Crippen molar-refractivity contribution in [2.45, 2.75) is 6.92 Å². The molecule has 2 aromatic carbocycles. The standard InChI is InChI=1S/C20H15N3OS2/c1-13-12-25-20(21-13)23-18(24)17-16(14-8-4-2-5-9-14)22-19(26-17)15-10-6-3-7-11-15/h2-12H,1H3,(H,21,23,24). The van der Waals surface area contributed by atoms with E-state index in [2.05, 4.69) is 10.3 Å². The van der Waals surface area contributed by atoms with E-state index in [1.165, 1.54) is 22.7 Å². The average molecular weight is 377 g/mol. The highest BCUT2D eigenvalue weighted by Crippen LogP contribution is 2.34. The Bertz CT molecular complexity index is 1040. The van der Waals surface area contributed by atoms with Gasteiger partial charge in [-0.1, -0.05) is 60.7 Å². The van der Waals surface area contributed by atoms with E-state index in [0.717, 1.165) is 21.8 Å². The van der Waals surface area contributed by atoms with Crippen LogP contribution in [0.2, 0.25) is 0 Å². The Labute approximate surface area is 159 Å². The van der Waals surface area contributed by atoms with Crippen LogP contribution in [0.3, 0.4) is 0 Å². The normalized spacial score (nSPS) is 10.7. The van der Waals surface area contributed by atoms with Crippen LogP contribution in [0.5, 0.6) is 0 Å². The van der Waals surface area contributed by atoms with Gasteiger partial charge in [0.2, 0.25) is 0 Å². The van der Waals surface area contributed by atoms with E-state index in [-0.39, 0.29) is 5.91 Å². The Hall–Kier alpha value is -2.83. The summed E-state index contributed by atoms with van der Waals surface area (Å²) < 4.78 is 0. The minimum atomic E-state index is -0.183. The van der Waals surface area contributed by atoms with Gasteiger partial charge in [0.25, 0.3) is 5.91 Å². The first-order chi connectivity index (χ1) is 12.7. The van der Waals surface area contributed by atoms with E-state index in [1.807, 2.05) is 73.0 Å². The fourth-order valence-corrected chi connectivity index (χ4v) is 4.21. The van der Waals surface area contributed by atoms with Crippen LogP contribution >= 0.6 is 22.7 Å². The van der Waals surface area contributed by atoms with Gasteiger partial charge in [-0.2, -0.15) is 0 Å². The number of aryl methyl sites for hydroxylation is 1. The quantitative estimate of drug-likeness (QED) is 0.511. The van der Waals surface area contributed by atoms with Gasteiger partial charge in [-0.15, -0.1) is 22.7 Å². The molecule has 1 N–H and O–H groups in total. The Morgan fingerprint density at radius 3 is 2.19 bits per heavy atom. The highest BCUT2D eigenvalue weighted by Gasteiger charge is 2.21. The van der Waals surface area contributed by atoms with Crippen LogP contribution in [0, 0.1) is 6.92 Å². The highest BCUT2D eigenvalue weighted by molar-refractivity contribution is 7.18. The SMILES string of the molecule is Cc1csc(NC(=O)c2sc(-c3ccccc3)nc2-c2ccccc2)n1. The second kappa shape index (κ2) is 7.19. The maximum atomic E-state index is 12.9. The lowest BCUT2D eigenvalue weighted by molar-refractivity contribution is 0.103. The maximum absolute atomic E-state index is 12.9. The topological polar surface area (TPSA) is 54.9 Å². The molecule has 0 aliphatic heterocycles. The fraction of sp³-hybridized carbons (Fsp3) is 0.0500. The molecular formula is C20H15N3OS2. The smallest absolute Gasteiger partial charge is 0.269 e. The molecule has 4 nitrogen and oxygen atoms in total. The third-order valence-electron chi connectivity index (χ3n) is 3.74. The van der Waals surface area contributed by atoms with Crippen LogP contribution in [-0.4, -0.2) is 15.9 Å². The lowest BCUT2D eigenvalue weighted by atomic mass is 10.1. The molecule has 4 aromatic rings. The summed E-state index contributed by atoms with van der Waals surface area (Å²) in [4.78, 5) is 22.5. The van der Waals surface area contributed by atoms with Crippen LogP contribution in [0.1, 0.15) is 15.4 Å². The summed E-state index contributed by atoms with van der Waals surface area (Å²) in [6.45, 7) is 1.90. The summed E-state index contributed by atoms with van der Waals surface area (Å²) >= 11 is 2.81. The monoisotopic (exact) mass is 377 g/mol. The molecular weight excluding hydrogens is 362 g/mol. The molecule has 0 spiro atoms. The number of carbonyl (C=O) groups excluding carboxylic acids is 1. The number of carbonyl (C=O) groups is 1. The number of aromatic nitrogens is 2. The summed E-state index contributed by atoms with van der Waals surface area (Å²) in [5.74, 6) is -0.183. The third kappa shape index (κ3) is 3.42. The second-order valence-corrected chi connectivity index (χ2v) is 7.53. The number of thiazole rings is 2. The van der Waals surface area contributed by atoms with Crippen LogP contribution in [0.15, 0.2) is 66.0 Å². The van der Waals surface area contributed by atoms with Crippen molar-refractivity contribution in [1.82, 2.24) is 9.97 Å². The molecule has 0 saturated heterocycles. The van der Waals surface area contributed by atoms with Gasteiger partial charge in [0.05, 0.1) is 11.4 Å². The van der Waals surface area contributed by atoms with Gasteiger partial charge in [0.15, 0.2) is 5.13 Å². The maximum Gasteiger partial charge on any atom is 0.269 e. The number of benzene rings is 2. The zero-order valence-electron chi connectivity index (χ0n) is 14.0. The van der Waals surface area contributed by atoms with Crippen LogP contribution in [-0.2, 0) is 0 Å². The zero-order valence-corrected chi connectivity index (χ0v) is 15.6. The molecule has 128 valence electrons. The molecule has 0 radical (unpaired) electrons. The first kappa shape index (κ1) is 16.6. The first-order valence-corrected chi connectivity index (χ1v) is 9.75. The van der Waals surface area contributed by atoms with Gasteiger partial charge in [0.1, 0.15) is 9.88 Å². The first-order valence-electron chi connectivity index (χ1n) is 8.06. The molecule has 0 unspecified atom stereocenters. The molecule has 2 heterocycles. The minimum Gasteiger partial charge on any atom is -0.297 e. The summed E-state index contributed by atoms with van der Waals surface area (Å²) in [6.07, 6.45) is 0. The Kier molecular flexibility index (Phi) is 4.60. The van der Waals surface area contributed by atoms with Gasteiger partial charge >= 0.3 is 0 Å². The van der Waals surface area contributed by atoms with Crippen molar-refractivity contribution in [2.24, 2.45) is 0 Å². The number of amides is 1. The summed E-state index contributed by atoms with van der Waals surface area (Å²) in [5.41, 5.74) is 3.51. The third-order valence-corrected chi connectivity index (χ3v) is 5.72. The predicted molar refractivity (Wildman–Crippen MR) is 108 cm³/mol. The highest BCUT2D eigenvalue weighted by atomic mass is 32.1. The molecule has 0 fully saturated rings. The largest absolute Gasteiger partial charge is 0.297 e. The zero-order chi connectivity index (χ0) is 17.9. The molecule has 0 aliphatic rings. The molecule has 0 saturated carbocycles. The second-order valence-electron chi connectivity index (χ2n) is 5.68. The predicted octanol–water partition coefficient (Wildman–Crippen LogP) is 5.49. The molecule has 0 bridgehead atoms. The van der Waals surface area contributed by atoms with E-state index < -0.39 is 0 Å². The molecule has 2 aromatic heterocycles. The Balaban J connectivity index is 1.76. The lowest BCUT2D eigenvalue weighted by Gasteiger charge is -2.02. The van der Waals surface area contributed by atoms with Crippen molar-refractivity contribution in [2.75, 3.05) is 5.32 Å². The van der Waals surface area contributed by atoms with E-state index in [9.17, 15) is 4.79 Å². The van der Waals surface area contributed by atoms with Crippen molar-refractivity contribution >= 4 is 33.7 Å². The van der Waals surface area contributed by atoms with Gasteiger partial charge in [0, 0.05) is 16.5 Å². The van der Waals surface area contributed by atoms with Crippen molar-refractivity contribution in [3.63, 3.8) is 0 Å². The summed E-state index contributed by atoms with van der Waals surface area (Å²) in [7, 11) is 0. The van der Waals surface area contributed by atoms with E-state index in [1.54, 1.807) is 0 Å². The van der Waals surface area contributed by atoms with E-state index >= 15 is 0 Å². The minimum absolute atomic E-state index is 0.183. The fourth-order valence-electron chi connectivity index (χ4n) is 2.54. The molecule has 4 rings (SSSR count). The van der Waals surface area contributed by atoms with Crippen molar-refractivity contribution in [3.8, 4) is 21.8 Å². The van der Waals surface area contributed by atoms with E-state index in [0.29, 0.717) is 15.7 Å². The summed E-state index contributed by atoms with van der Waals surface area (Å²) in [6, 6.07) is 19.7. The lowest BCUT2D eigenvalue weighted by Crippen LogP contribution is -2.11. The summed E-state index contributed by atoms with van der Waals surface area (Å²) in [5, 5.41) is 6.23. The number of hydrogen-bond donors (Lipinski definition) is 1. The van der Waals surface area contributed by atoms with Crippen LogP contribution in [0.4, 0.5) is 5.13 Å². The van der Waals surface area contributed by atoms with Gasteiger partial charge < -0.3 is 0 Å². The van der Waals surface area contributed by atoms with Gasteiger partial charge in [-0.05, 0) is 6.92 Å². The van der Waals surface area contributed by atoms with Crippen molar-refractivity contribution < 1.29 is 4.79 Å². The molecule has 0 atom stereocenters. The Morgan fingerprint density at radius 2 is 1.58 bits per heavy atom. The molecule has 0 aliphatic carbocycles.